The molecule has 0 aliphatic rings. The SMILES string of the molecule is CN(CCCO)S(=O)(=O)c1ccc(Br)s1. The summed E-state index contributed by atoms with van der Waals surface area (Å²) in [5, 5.41) is 8.63. The lowest BCUT2D eigenvalue weighted by atomic mass is 10.5. The smallest absolute Gasteiger partial charge is 0.252 e. The van der Waals surface area contributed by atoms with E-state index in [0.717, 1.165) is 3.79 Å². The Kier molecular flexibility index (Phi) is 4.72. The van der Waals surface area contributed by atoms with Gasteiger partial charge in [0.2, 0.25) is 0 Å². The molecule has 1 aromatic rings. The number of sulfonamides is 1. The third-order valence-corrected chi connectivity index (χ3v) is 5.79. The van der Waals surface area contributed by atoms with E-state index in [1.54, 1.807) is 12.1 Å². The van der Waals surface area contributed by atoms with Gasteiger partial charge in [-0.25, -0.2) is 12.7 Å². The first-order valence-corrected chi connectivity index (χ1v) is 7.36. The van der Waals surface area contributed by atoms with Crippen LogP contribution in [-0.2, 0) is 10.0 Å². The van der Waals surface area contributed by atoms with E-state index in [-0.39, 0.29) is 6.61 Å². The van der Waals surface area contributed by atoms with Crippen LogP contribution in [0, 0.1) is 0 Å². The summed E-state index contributed by atoms with van der Waals surface area (Å²) in [4.78, 5) is 0. The summed E-state index contributed by atoms with van der Waals surface area (Å²) >= 11 is 4.40. The van der Waals surface area contributed by atoms with Crippen LogP contribution in [-0.4, -0.2) is 38.0 Å². The lowest BCUT2D eigenvalue weighted by Gasteiger charge is -2.14. The van der Waals surface area contributed by atoms with Crippen molar-refractivity contribution in [2.45, 2.75) is 10.6 Å². The van der Waals surface area contributed by atoms with Crippen molar-refractivity contribution in [3.8, 4) is 0 Å². The van der Waals surface area contributed by atoms with Gasteiger partial charge in [0, 0.05) is 20.2 Å². The fourth-order valence-corrected chi connectivity index (χ4v) is 4.43. The molecule has 1 heterocycles. The number of thiophene rings is 1. The molecule has 0 radical (unpaired) electrons. The second-order valence-electron chi connectivity index (χ2n) is 2.96. The lowest BCUT2D eigenvalue weighted by molar-refractivity contribution is 0.276. The molecule has 0 saturated heterocycles. The van der Waals surface area contributed by atoms with Crippen LogP contribution in [0.1, 0.15) is 6.42 Å². The van der Waals surface area contributed by atoms with E-state index < -0.39 is 10.0 Å². The van der Waals surface area contributed by atoms with Gasteiger partial charge in [-0.3, -0.25) is 0 Å². The van der Waals surface area contributed by atoms with Crippen LogP contribution in [0.3, 0.4) is 0 Å². The Morgan fingerprint density at radius 1 is 1.53 bits per heavy atom. The van der Waals surface area contributed by atoms with Crippen LogP contribution in [0.25, 0.3) is 0 Å². The zero-order chi connectivity index (χ0) is 11.5. The molecule has 0 spiro atoms. The van der Waals surface area contributed by atoms with Gasteiger partial charge in [-0.15, -0.1) is 11.3 Å². The molecular formula is C8H12BrNO3S2. The van der Waals surface area contributed by atoms with E-state index in [4.69, 9.17) is 5.11 Å². The van der Waals surface area contributed by atoms with Gasteiger partial charge in [0.25, 0.3) is 10.0 Å². The van der Waals surface area contributed by atoms with Gasteiger partial charge in [-0.2, -0.15) is 0 Å². The Labute approximate surface area is 102 Å². The fourth-order valence-electron chi connectivity index (χ4n) is 1.00. The summed E-state index contributed by atoms with van der Waals surface area (Å²) in [6.07, 6.45) is 0.447. The van der Waals surface area contributed by atoms with Crippen molar-refractivity contribution in [3.63, 3.8) is 0 Å². The minimum Gasteiger partial charge on any atom is -0.396 e. The molecule has 0 aliphatic carbocycles. The molecule has 0 saturated carbocycles. The molecule has 0 amide bonds. The summed E-state index contributed by atoms with van der Waals surface area (Å²) < 4.78 is 26.1. The second kappa shape index (κ2) is 5.40. The van der Waals surface area contributed by atoms with Crippen LogP contribution in [0.2, 0.25) is 0 Å². The zero-order valence-electron chi connectivity index (χ0n) is 8.18. The van der Waals surface area contributed by atoms with Crippen molar-refractivity contribution < 1.29 is 13.5 Å². The Bertz CT molecular complexity index is 415. The monoisotopic (exact) mass is 313 g/mol. The predicted molar refractivity (Wildman–Crippen MR) is 63.5 cm³/mol. The van der Waals surface area contributed by atoms with Crippen molar-refractivity contribution in [1.82, 2.24) is 4.31 Å². The number of hydrogen-bond donors (Lipinski definition) is 1. The van der Waals surface area contributed by atoms with E-state index >= 15 is 0 Å². The first-order valence-electron chi connectivity index (χ1n) is 4.31. The Balaban J connectivity index is 2.83. The molecule has 0 atom stereocenters. The molecule has 1 N–H and O–H groups in total. The van der Waals surface area contributed by atoms with E-state index in [1.807, 2.05) is 0 Å². The van der Waals surface area contributed by atoms with Crippen molar-refractivity contribution >= 4 is 37.3 Å². The third-order valence-electron chi connectivity index (χ3n) is 1.84. The highest BCUT2D eigenvalue weighted by molar-refractivity contribution is 9.11. The molecule has 0 aliphatic heterocycles. The zero-order valence-corrected chi connectivity index (χ0v) is 11.4. The van der Waals surface area contributed by atoms with Gasteiger partial charge in [-0.1, -0.05) is 0 Å². The summed E-state index contributed by atoms with van der Waals surface area (Å²) in [7, 11) is -1.87. The molecule has 4 nitrogen and oxygen atoms in total. The topological polar surface area (TPSA) is 57.6 Å². The Morgan fingerprint density at radius 3 is 2.67 bits per heavy atom. The van der Waals surface area contributed by atoms with Crippen LogP contribution < -0.4 is 0 Å². The third kappa shape index (κ3) is 3.25. The number of hydrogen-bond acceptors (Lipinski definition) is 4. The molecular weight excluding hydrogens is 302 g/mol. The quantitative estimate of drug-likeness (QED) is 0.896. The first-order chi connectivity index (χ1) is 6.98. The number of aliphatic hydroxyl groups is 1. The molecule has 7 heteroatoms. The summed E-state index contributed by atoms with van der Waals surface area (Å²) in [5.41, 5.74) is 0. The fraction of sp³-hybridized carbons (Fsp3) is 0.500. The van der Waals surface area contributed by atoms with E-state index in [1.165, 1.54) is 22.7 Å². The number of aliphatic hydroxyl groups excluding tert-OH is 1. The average Bonchev–Trinajstić information content (AvgIpc) is 2.61. The predicted octanol–water partition coefficient (Wildman–Crippen LogP) is 1.51. The summed E-state index contributed by atoms with van der Waals surface area (Å²) in [6.45, 7) is 0.322. The van der Waals surface area contributed by atoms with E-state index in [2.05, 4.69) is 15.9 Å². The maximum atomic E-state index is 11.9. The highest BCUT2D eigenvalue weighted by atomic mass is 79.9. The van der Waals surface area contributed by atoms with Crippen molar-refractivity contribution in [1.29, 1.82) is 0 Å². The molecule has 0 unspecified atom stereocenters. The van der Waals surface area contributed by atoms with Crippen LogP contribution in [0.4, 0.5) is 0 Å². The van der Waals surface area contributed by atoms with Crippen molar-refractivity contribution in [2.75, 3.05) is 20.2 Å². The van der Waals surface area contributed by atoms with Gasteiger partial charge in [0.05, 0.1) is 3.79 Å². The second-order valence-corrected chi connectivity index (χ2v) is 7.70. The number of rotatable bonds is 5. The van der Waals surface area contributed by atoms with Gasteiger partial charge in [0.15, 0.2) is 0 Å². The standard InChI is InChI=1S/C8H12BrNO3S2/c1-10(5-2-6-11)15(12,13)8-4-3-7(9)14-8/h3-4,11H,2,5-6H2,1H3. The molecule has 15 heavy (non-hydrogen) atoms. The molecule has 0 fully saturated rings. The number of nitrogens with zero attached hydrogens (tertiary/aromatic N) is 1. The molecule has 0 aromatic carbocycles. The minimum atomic E-state index is -3.38. The molecule has 0 bridgehead atoms. The van der Waals surface area contributed by atoms with Crippen LogP contribution in [0.5, 0.6) is 0 Å². The lowest BCUT2D eigenvalue weighted by Crippen LogP contribution is -2.27. The first kappa shape index (κ1) is 13.1. The van der Waals surface area contributed by atoms with Crippen LogP contribution >= 0.6 is 27.3 Å². The number of halogens is 1. The highest BCUT2D eigenvalue weighted by Gasteiger charge is 2.21. The highest BCUT2D eigenvalue weighted by Crippen LogP contribution is 2.27. The Hall–Kier alpha value is 0.0500. The molecule has 1 aromatic heterocycles. The maximum absolute atomic E-state index is 11.9. The van der Waals surface area contributed by atoms with Crippen molar-refractivity contribution in [2.24, 2.45) is 0 Å². The van der Waals surface area contributed by atoms with Gasteiger partial charge < -0.3 is 5.11 Å². The van der Waals surface area contributed by atoms with Gasteiger partial charge in [-0.05, 0) is 34.5 Å². The van der Waals surface area contributed by atoms with Gasteiger partial charge >= 0.3 is 0 Å². The Morgan fingerprint density at radius 2 is 2.20 bits per heavy atom. The van der Waals surface area contributed by atoms with Crippen molar-refractivity contribution in [3.05, 3.63) is 15.9 Å². The molecule has 1 rings (SSSR count). The maximum Gasteiger partial charge on any atom is 0.252 e. The van der Waals surface area contributed by atoms with E-state index in [0.29, 0.717) is 17.2 Å². The van der Waals surface area contributed by atoms with Gasteiger partial charge in [0.1, 0.15) is 4.21 Å². The summed E-state index contributed by atoms with van der Waals surface area (Å²) in [5.74, 6) is 0. The normalized spacial score (nSPS) is 12.3. The van der Waals surface area contributed by atoms with E-state index in [9.17, 15) is 8.42 Å². The van der Waals surface area contributed by atoms with Crippen LogP contribution in [0.15, 0.2) is 20.1 Å². The summed E-state index contributed by atoms with van der Waals surface area (Å²) in [6, 6.07) is 3.27. The largest absolute Gasteiger partial charge is 0.396 e. The molecule has 86 valence electrons. The average molecular weight is 314 g/mol. The minimum absolute atomic E-state index is 0.00596.